The van der Waals surface area contributed by atoms with Crippen molar-refractivity contribution < 1.29 is 0 Å². The zero-order chi connectivity index (χ0) is 15.1. The smallest absolute Gasteiger partial charge is 0.0181 e. The van der Waals surface area contributed by atoms with Gasteiger partial charge < -0.3 is 0 Å². The molecule has 0 unspecified atom stereocenters. The van der Waals surface area contributed by atoms with E-state index in [-0.39, 0.29) is 0 Å². The summed E-state index contributed by atoms with van der Waals surface area (Å²) in [7, 11) is 0. The highest BCUT2D eigenvalue weighted by molar-refractivity contribution is 9.10. The molecular formula is C21H15Br. The van der Waals surface area contributed by atoms with Crippen molar-refractivity contribution >= 4 is 37.5 Å². The molecule has 0 nitrogen and oxygen atoms in total. The van der Waals surface area contributed by atoms with Gasteiger partial charge in [-0.05, 0) is 51.7 Å². The van der Waals surface area contributed by atoms with Crippen LogP contribution in [0.4, 0.5) is 0 Å². The first-order chi connectivity index (χ1) is 10.7. The van der Waals surface area contributed by atoms with Gasteiger partial charge in [-0.25, -0.2) is 0 Å². The molecule has 0 N–H and O–H groups in total. The molecule has 0 bridgehead atoms. The lowest BCUT2D eigenvalue weighted by molar-refractivity contribution is 1.50. The number of halogens is 1. The highest BCUT2D eigenvalue weighted by Gasteiger charge is 2.07. The van der Waals surface area contributed by atoms with Crippen molar-refractivity contribution in [1.29, 1.82) is 0 Å². The fourth-order valence-electron chi connectivity index (χ4n) is 3.13. The highest BCUT2D eigenvalue weighted by Crippen LogP contribution is 2.34. The summed E-state index contributed by atoms with van der Waals surface area (Å²) in [6.07, 6.45) is 0. The maximum absolute atomic E-state index is 3.56. The van der Waals surface area contributed by atoms with E-state index in [0.29, 0.717) is 0 Å². The molecule has 4 rings (SSSR count). The third-order valence-corrected chi connectivity index (χ3v) is 4.66. The van der Waals surface area contributed by atoms with E-state index in [4.69, 9.17) is 0 Å². The lowest BCUT2D eigenvalue weighted by Gasteiger charge is -2.11. The van der Waals surface area contributed by atoms with Crippen LogP contribution in [-0.2, 0) is 0 Å². The molecule has 0 saturated carbocycles. The molecule has 4 aromatic carbocycles. The van der Waals surface area contributed by atoms with Crippen LogP contribution in [-0.4, -0.2) is 0 Å². The van der Waals surface area contributed by atoms with E-state index >= 15 is 0 Å². The van der Waals surface area contributed by atoms with E-state index in [1.807, 2.05) is 0 Å². The SMILES string of the molecule is Cc1ccc2c(-c3cccc4cc(Br)ccc34)cccc2c1. The molecule has 0 aliphatic rings. The molecule has 0 aromatic heterocycles. The van der Waals surface area contributed by atoms with E-state index < -0.39 is 0 Å². The van der Waals surface area contributed by atoms with Gasteiger partial charge in [0.05, 0.1) is 0 Å². The molecule has 0 saturated heterocycles. The molecule has 0 aliphatic heterocycles. The van der Waals surface area contributed by atoms with Gasteiger partial charge in [0.1, 0.15) is 0 Å². The Kier molecular flexibility index (Phi) is 3.24. The summed E-state index contributed by atoms with van der Waals surface area (Å²) >= 11 is 3.56. The Morgan fingerprint density at radius 1 is 0.636 bits per heavy atom. The molecular weight excluding hydrogens is 332 g/mol. The monoisotopic (exact) mass is 346 g/mol. The van der Waals surface area contributed by atoms with Crippen molar-refractivity contribution in [2.45, 2.75) is 6.92 Å². The normalized spacial score (nSPS) is 11.2. The van der Waals surface area contributed by atoms with Gasteiger partial charge in [0.2, 0.25) is 0 Å². The van der Waals surface area contributed by atoms with Gasteiger partial charge in [0, 0.05) is 4.47 Å². The van der Waals surface area contributed by atoms with Crippen LogP contribution in [0.15, 0.2) is 77.3 Å². The van der Waals surface area contributed by atoms with Crippen LogP contribution in [0.1, 0.15) is 5.56 Å². The quantitative estimate of drug-likeness (QED) is 0.358. The lowest BCUT2D eigenvalue weighted by Crippen LogP contribution is -1.85. The highest BCUT2D eigenvalue weighted by atomic mass is 79.9. The van der Waals surface area contributed by atoms with Crippen LogP contribution in [0.2, 0.25) is 0 Å². The Labute approximate surface area is 138 Å². The van der Waals surface area contributed by atoms with Crippen molar-refractivity contribution in [1.82, 2.24) is 0 Å². The van der Waals surface area contributed by atoms with E-state index in [2.05, 4.69) is 95.7 Å². The van der Waals surface area contributed by atoms with Crippen LogP contribution in [0.5, 0.6) is 0 Å². The molecule has 22 heavy (non-hydrogen) atoms. The van der Waals surface area contributed by atoms with Gasteiger partial charge in [-0.3, -0.25) is 0 Å². The minimum absolute atomic E-state index is 1.12. The minimum atomic E-state index is 1.12. The molecule has 0 aliphatic carbocycles. The first-order valence-corrected chi connectivity index (χ1v) is 8.20. The van der Waals surface area contributed by atoms with Crippen LogP contribution < -0.4 is 0 Å². The fraction of sp³-hybridized carbons (Fsp3) is 0.0476. The molecule has 0 amide bonds. The first kappa shape index (κ1) is 13.5. The van der Waals surface area contributed by atoms with Gasteiger partial charge in [0.25, 0.3) is 0 Å². The van der Waals surface area contributed by atoms with E-state index in [1.165, 1.54) is 38.2 Å². The van der Waals surface area contributed by atoms with E-state index in [1.54, 1.807) is 0 Å². The van der Waals surface area contributed by atoms with Gasteiger partial charge in [-0.1, -0.05) is 82.2 Å². The first-order valence-electron chi connectivity index (χ1n) is 7.40. The van der Waals surface area contributed by atoms with Crippen molar-refractivity contribution in [2.75, 3.05) is 0 Å². The molecule has 106 valence electrons. The summed E-state index contributed by atoms with van der Waals surface area (Å²) in [5.41, 5.74) is 3.89. The zero-order valence-electron chi connectivity index (χ0n) is 12.3. The molecule has 4 aromatic rings. The Morgan fingerprint density at radius 3 is 1.91 bits per heavy atom. The second-order valence-electron chi connectivity index (χ2n) is 5.70. The molecule has 0 fully saturated rings. The average Bonchev–Trinajstić information content (AvgIpc) is 2.53. The summed E-state index contributed by atoms with van der Waals surface area (Å²) < 4.78 is 1.12. The topological polar surface area (TPSA) is 0 Å². The van der Waals surface area contributed by atoms with Gasteiger partial charge >= 0.3 is 0 Å². The third kappa shape index (κ3) is 2.22. The second-order valence-corrected chi connectivity index (χ2v) is 6.62. The maximum atomic E-state index is 3.56. The van der Waals surface area contributed by atoms with Crippen LogP contribution in [0, 0.1) is 6.92 Å². The predicted molar refractivity (Wildman–Crippen MR) is 99.3 cm³/mol. The Balaban J connectivity index is 2.07. The molecule has 0 radical (unpaired) electrons. The van der Waals surface area contributed by atoms with Crippen molar-refractivity contribution in [3.8, 4) is 11.1 Å². The minimum Gasteiger partial charge on any atom is -0.0610 e. The lowest BCUT2D eigenvalue weighted by atomic mass is 9.93. The van der Waals surface area contributed by atoms with E-state index in [9.17, 15) is 0 Å². The number of hydrogen-bond donors (Lipinski definition) is 0. The van der Waals surface area contributed by atoms with Crippen LogP contribution >= 0.6 is 15.9 Å². The third-order valence-electron chi connectivity index (χ3n) is 4.17. The Bertz CT molecular complexity index is 916. The fourth-order valence-corrected chi connectivity index (χ4v) is 3.51. The Hall–Kier alpha value is -2.12. The molecule has 1 heteroatoms. The van der Waals surface area contributed by atoms with Crippen LogP contribution in [0.3, 0.4) is 0 Å². The number of hydrogen-bond acceptors (Lipinski definition) is 0. The summed E-state index contributed by atoms with van der Waals surface area (Å²) in [4.78, 5) is 0. The van der Waals surface area contributed by atoms with Gasteiger partial charge in [0.15, 0.2) is 0 Å². The van der Waals surface area contributed by atoms with Crippen molar-refractivity contribution in [2.24, 2.45) is 0 Å². The standard InChI is InChI=1S/C21H15Br/c1-14-8-10-18-15(12-14)4-2-6-20(18)21-7-3-5-16-13-17(22)9-11-19(16)21/h2-13H,1H3. The van der Waals surface area contributed by atoms with Crippen molar-refractivity contribution in [3.63, 3.8) is 0 Å². The average molecular weight is 347 g/mol. The Morgan fingerprint density at radius 2 is 1.23 bits per heavy atom. The molecule has 0 heterocycles. The number of fused-ring (bicyclic) bond motifs is 2. The summed E-state index contributed by atoms with van der Waals surface area (Å²) in [5.74, 6) is 0. The molecule has 0 atom stereocenters. The maximum Gasteiger partial charge on any atom is 0.0181 e. The van der Waals surface area contributed by atoms with E-state index in [0.717, 1.165) is 4.47 Å². The van der Waals surface area contributed by atoms with Gasteiger partial charge in [-0.15, -0.1) is 0 Å². The summed E-state index contributed by atoms with van der Waals surface area (Å²) in [6.45, 7) is 2.14. The second kappa shape index (κ2) is 5.26. The predicted octanol–water partition coefficient (Wildman–Crippen LogP) is 6.73. The summed E-state index contributed by atoms with van der Waals surface area (Å²) in [5, 5.41) is 5.16. The zero-order valence-corrected chi connectivity index (χ0v) is 13.9. The summed E-state index contributed by atoms with van der Waals surface area (Å²) in [6, 6.07) is 26.2. The number of rotatable bonds is 1. The number of aryl methyl sites for hydroxylation is 1. The van der Waals surface area contributed by atoms with Gasteiger partial charge in [-0.2, -0.15) is 0 Å². The largest absolute Gasteiger partial charge is 0.0610 e. The van der Waals surface area contributed by atoms with Crippen molar-refractivity contribution in [3.05, 3.63) is 82.8 Å². The van der Waals surface area contributed by atoms with Crippen LogP contribution in [0.25, 0.3) is 32.7 Å². The number of benzene rings is 4. The molecule has 0 spiro atoms.